The Kier molecular flexibility index (Phi) is 10.4. The molecule has 0 aliphatic rings. The van der Waals surface area contributed by atoms with Gasteiger partial charge in [0.25, 0.3) is 0 Å². The number of carbonyl (C=O) groups is 4. The fourth-order valence-corrected chi connectivity index (χ4v) is 1.93. The van der Waals surface area contributed by atoms with E-state index in [0.717, 1.165) is 6.08 Å². The molecule has 9 nitrogen and oxygen atoms in total. The fourth-order valence-electron chi connectivity index (χ4n) is 1.93. The molecular weight excluding hydrogens is 420 g/mol. The van der Waals surface area contributed by atoms with Gasteiger partial charge >= 0.3 is 23.9 Å². The number of aromatic carboxylic acids is 2. The summed E-state index contributed by atoms with van der Waals surface area (Å²) in [5.74, 6) is -2.23. The van der Waals surface area contributed by atoms with Crippen molar-refractivity contribution < 1.29 is 43.6 Å². The molecule has 0 heterocycles. The monoisotopic (exact) mass is 442 g/mol. The van der Waals surface area contributed by atoms with Gasteiger partial charge in [-0.2, -0.15) is 0 Å². The van der Waals surface area contributed by atoms with Crippen LogP contribution in [-0.4, -0.2) is 47.3 Å². The maximum atomic E-state index is 11.0. The van der Waals surface area contributed by atoms with Crippen molar-refractivity contribution in [3.63, 3.8) is 0 Å². The summed E-state index contributed by atoms with van der Waals surface area (Å²) in [4.78, 5) is 42.8. The van der Waals surface area contributed by atoms with Crippen molar-refractivity contribution in [3.05, 3.63) is 84.5 Å². The molecular formula is C23H22O9. The Hall–Kier alpha value is -4.40. The molecule has 168 valence electrons. The van der Waals surface area contributed by atoms with Gasteiger partial charge in [-0.3, -0.25) is 0 Å². The smallest absolute Gasteiger partial charge is 0.335 e. The van der Waals surface area contributed by atoms with Gasteiger partial charge in [0.05, 0.1) is 11.1 Å². The van der Waals surface area contributed by atoms with Crippen LogP contribution in [0.15, 0.2) is 73.3 Å². The van der Waals surface area contributed by atoms with E-state index in [-0.39, 0.29) is 24.3 Å². The minimum atomic E-state index is -1.02. The van der Waals surface area contributed by atoms with Crippen LogP contribution >= 0.6 is 0 Å². The molecule has 2 rings (SSSR count). The van der Waals surface area contributed by atoms with Crippen molar-refractivity contribution in [3.8, 4) is 11.5 Å². The van der Waals surface area contributed by atoms with Crippen LogP contribution in [0, 0.1) is 0 Å². The maximum Gasteiger partial charge on any atom is 0.335 e. The van der Waals surface area contributed by atoms with Gasteiger partial charge in [0.2, 0.25) is 0 Å². The Balaban J connectivity index is 0.000000330. The van der Waals surface area contributed by atoms with Crippen LogP contribution < -0.4 is 9.47 Å². The van der Waals surface area contributed by atoms with Crippen LogP contribution in [-0.2, 0) is 14.3 Å². The van der Waals surface area contributed by atoms with Gasteiger partial charge in [-0.15, -0.1) is 0 Å². The first-order chi connectivity index (χ1) is 15.1. The Labute approximate surface area is 184 Å². The number of carbonyl (C=O) groups excluding carboxylic acids is 2. The van der Waals surface area contributed by atoms with Crippen molar-refractivity contribution in [2.75, 3.05) is 13.2 Å². The number of rotatable bonds is 9. The number of carboxylic acid groups (broad SMARTS) is 2. The molecule has 0 fully saturated rings. The zero-order valence-electron chi connectivity index (χ0n) is 17.3. The molecule has 2 aromatic rings. The molecule has 2 aromatic carbocycles. The highest BCUT2D eigenvalue weighted by Gasteiger charge is 2.05. The van der Waals surface area contributed by atoms with Gasteiger partial charge in [-0.1, -0.05) is 13.2 Å². The van der Waals surface area contributed by atoms with E-state index in [2.05, 4.69) is 13.2 Å². The fraction of sp³-hybridized carbons (Fsp3) is 0.130. The second-order valence-corrected chi connectivity index (χ2v) is 6.05. The van der Waals surface area contributed by atoms with E-state index >= 15 is 0 Å². The first kappa shape index (κ1) is 25.6. The molecule has 32 heavy (non-hydrogen) atoms. The summed E-state index contributed by atoms with van der Waals surface area (Å²) in [7, 11) is 0. The number of hydrogen-bond donors (Lipinski definition) is 2. The molecule has 0 saturated heterocycles. The van der Waals surface area contributed by atoms with Crippen LogP contribution in [0.3, 0.4) is 0 Å². The maximum absolute atomic E-state index is 11.0. The third-order valence-corrected chi connectivity index (χ3v) is 3.52. The number of ether oxygens (including phenoxy) is 3. The Morgan fingerprint density at radius 1 is 0.844 bits per heavy atom. The molecule has 0 atom stereocenters. The van der Waals surface area contributed by atoms with Crippen LogP contribution in [0.1, 0.15) is 27.6 Å². The molecule has 0 amide bonds. The summed E-state index contributed by atoms with van der Waals surface area (Å²) in [6.07, 6.45) is 1.03. The van der Waals surface area contributed by atoms with Crippen molar-refractivity contribution in [1.82, 2.24) is 0 Å². The van der Waals surface area contributed by atoms with Crippen LogP contribution in [0.5, 0.6) is 11.5 Å². The van der Waals surface area contributed by atoms with E-state index in [9.17, 15) is 19.2 Å². The average Bonchev–Trinajstić information content (AvgIpc) is 2.77. The standard InChI is InChI=1S/C13H14O5.C10H8O4/c1-9(2)13(16)18-8-7-17-11-5-3-10(4-6-11)12(14)15;1-2-9(11)14-8-5-3-7(4-6-8)10(12)13/h3-6H,1,7-8H2,2H3,(H,14,15);2-6H,1H2,(H,12,13). The van der Waals surface area contributed by atoms with E-state index in [0.29, 0.717) is 17.1 Å². The minimum Gasteiger partial charge on any atom is -0.490 e. The van der Waals surface area contributed by atoms with Gasteiger partial charge in [-0.25, -0.2) is 19.2 Å². The third kappa shape index (κ3) is 9.40. The number of hydrogen-bond acceptors (Lipinski definition) is 7. The highest BCUT2D eigenvalue weighted by atomic mass is 16.6. The summed E-state index contributed by atoms with van der Waals surface area (Å²) < 4.78 is 14.8. The van der Waals surface area contributed by atoms with Crippen molar-refractivity contribution in [2.24, 2.45) is 0 Å². The zero-order valence-corrected chi connectivity index (χ0v) is 17.3. The lowest BCUT2D eigenvalue weighted by Gasteiger charge is -2.07. The first-order valence-corrected chi connectivity index (χ1v) is 9.10. The zero-order chi connectivity index (χ0) is 24.1. The summed E-state index contributed by atoms with van der Waals surface area (Å²) in [5, 5.41) is 17.3. The summed E-state index contributed by atoms with van der Waals surface area (Å²) in [6, 6.07) is 11.5. The number of carboxylic acids is 2. The van der Waals surface area contributed by atoms with Gasteiger partial charge in [0, 0.05) is 11.6 Å². The van der Waals surface area contributed by atoms with Crippen LogP contribution in [0.25, 0.3) is 0 Å². The molecule has 0 unspecified atom stereocenters. The summed E-state index contributed by atoms with van der Waals surface area (Å²) in [5.41, 5.74) is 0.667. The molecule has 0 spiro atoms. The lowest BCUT2D eigenvalue weighted by molar-refractivity contribution is -0.139. The molecule has 0 saturated carbocycles. The largest absolute Gasteiger partial charge is 0.490 e. The molecule has 0 aromatic heterocycles. The highest BCUT2D eigenvalue weighted by molar-refractivity contribution is 5.88. The topological polar surface area (TPSA) is 136 Å². The molecule has 0 bridgehead atoms. The lowest BCUT2D eigenvalue weighted by atomic mass is 10.2. The van der Waals surface area contributed by atoms with E-state index in [1.165, 1.54) is 36.4 Å². The Morgan fingerprint density at radius 2 is 1.31 bits per heavy atom. The molecule has 9 heteroatoms. The predicted octanol–water partition coefficient (Wildman–Crippen LogP) is 3.36. The summed E-state index contributed by atoms with van der Waals surface area (Å²) >= 11 is 0. The van der Waals surface area contributed by atoms with E-state index in [1.54, 1.807) is 19.1 Å². The Morgan fingerprint density at radius 3 is 1.72 bits per heavy atom. The Bertz CT molecular complexity index is 974. The lowest BCUT2D eigenvalue weighted by Crippen LogP contribution is -2.12. The predicted molar refractivity (Wildman–Crippen MR) is 114 cm³/mol. The third-order valence-electron chi connectivity index (χ3n) is 3.52. The van der Waals surface area contributed by atoms with Gasteiger partial charge < -0.3 is 24.4 Å². The molecule has 0 radical (unpaired) electrons. The minimum absolute atomic E-state index is 0.117. The van der Waals surface area contributed by atoms with E-state index in [4.69, 9.17) is 24.4 Å². The molecule has 0 aliphatic carbocycles. The summed E-state index contributed by atoms with van der Waals surface area (Å²) in [6.45, 7) is 8.56. The van der Waals surface area contributed by atoms with Crippen LogP contribution in [0.2, 0.25) is 0 Å². The van der Waals surface area contributed by atoms with Crippen LogP contribution in [0.4, 0.5) is 0 Å². The van der Waals surface area contributed by atoms with Crippen molar-refractivity contribution >= 4 is 23.9 Å². The van der Waals surface area contributed by atoms with E-state index < -0.39 is 23.9 Å². The quantitative estimate of drug-likeness (QED) is 0.259. The SMILES string of the molecule is C=C(C)C(=O)OCCOc1ccc(C(=O)O)cc1.C=CC(=O)Oc1ccc(C(=O)O)cc1. The van der Waals surface area contributed by atoms with E-state index in [1.807, 2.05) is 0 Å². The molecule has 0 aliphatic heterocycles. The normalized spacial score (nSPS) is 9.41. The second-order valence-electron chi connectivity index (χ2n) is 6.05. The van der Waals surface area contributed by atoms with Crippen molar-refractivity contribution in [1.29, 1.82) is 0 Å². The van der Waals surface area contributed by atoms with Crippen molar-refractivity contribution in [2.45, 2.75) is 6.92 Å². The first-order valence-electron chi connectivity index (χ1n) is 9.10. The highest BCUT2D eigenvalue weighted by Crippen LogP contribution is 2.13. The van der Waals surface area contributed by atoms with Gasteiger partial charge in [0.1, 0.15) is 24.7 Å². The van der Waals surface area contributed by atoms with Gasteiger partial charge in [0.15, 0.2) is 0 Å². The second kappa shape index (κ2) is 13.0. The molecule has 2 N–H and O–H groups in total. The number of esters is 2. The average molecular weight is 442 g/mol. The number of benzene rings is 2. The van der Waals surface area contributed by atoms with Gasteiger partial charge in [-0.05, 0) is 55.5 Å².